The summed E-state index contributed by atoms with van der Waals surface area (Å²) in [6.45, 7) is 0.707. The van der Waals surface area contributed by atoms with Crippen LogP contribution >= 0.6 is 0 Å². The van der Waals surface area contributed by atoms with Crippen LogP contribution in [-0.4, -0.2) is 28.8 Å². The summed E-state index contributed by atoms with van der Waals surface area (Å²) < 4.78 is 48.3. The lowest BCUT2D eigenvalue weighted by atomic mass is 10.1. The fraction of sp³-hybridized carbons (Fsp3) is 0.222. The van der Waals surface area contributed by atoms with E-state index in [2.05, 4.69) is 9.72 Å². The van der Waals surface area contributed by atoms with Crippen molar-refractivity contribution >= 4 is 5.65 Å². The van der Waals surface area contributed by atoms with Gasteiger partial charge in [0.1, 0.15) is 17.0 Å². The lowest BCUT2D eigenvalue weighted by Gasteiger charge is -2.12. The number of halogens is 3. The monoisotopic (exact) mass is 364 g/mol. The van der Waals surface area contributed by atoms with Gasteiger partial charge in [-0.2, -0.15) is 18.2 Å². The van der Waals surface area contributed by atoms with E-state index in [-0.39, 0.29) is 22.8 Å². The molecule has 2 heterocycles. The lowest BCUT2D eigenvalue weighted by molar-refractivity contribution is -0.153. The second kappa shape index (κ2) is 7.07. The van der Waals surface area contributed by atoms with Gasteiger partial charge in [0.25, 0.3) is 5.56 Å². The molecule has 3 rings (SSSR count). The molecule has 26 heavy (non-hydrogen) atoms. The van der Waals surface area contributed by atoms with Gasteiger partial charge in [-0.15, -0.1) is 0 Å². The zero-order valence-electron chi connectivity index (χ0n) is 13.8. The van der Waals surface area contributed by atoms with E-state index >= 15 is 0 Å². The van der Waals surface area contributed by atoms with E-state index in [1.165, 1.54) is 28.7 Å². The van der Waals surface area contributed by atoms with Gasteiger partial charge in [-0.1, -0.05) is 18.2 Å². The SMILES string of the molecule is CCOc1nc2ccccn2c(=O)c1-c1ccc(OCC(F)(F)F)cc1. The van der Waals surface area contributed by atoms with Gasteiger partial charge in [-0.25, -0.2) is 0 Å². The zero-order valence-corrected chi connectivity index (χ0v) is 13.8. The second-order valence-electron chi connectivity index (χ2n) is 5.39. The van der Waals surface area contributed by atoms with Crippen molar-refractivity contribution in [2.45, 2.75) is 13.1 Å². The van der Waals surface area contributed by atoms with Crippen LogP contribution in [0.25, 0.3) is 16.8 Å². The summed E-state index contributed by atoms with van der Waals surface area (Å²) in [7, 11) is 0. The predicted molar refractivity (Wildman–Crippen MR) is 89.6 cm³/mol. The number of ether oxygens (including phenoxy) is 2. The number of hydrogen-bond acceptors (Lipinski definition) is 4. The molecular weight excluding hydrogens is 349 g/mol. The standard InChI is InChI=1S/C18H15F3N2O3/c1-2-25-16-15(17(24)23-10-4-3-5-14(23)22-16)12-6-8-13(9-7-12)26-11-18(19,20)21/h3-10H,2,11H2,1H3. The molecule has 136 valence electrons. The van der Waals surface area contributed by atoms with Crippen molar-refractivity contribution in [1.29, 1.82) is 0 Å². The molecule has 8 heteroatoms. The summed E-state index contributed by atoms with van der Waals surface area (Å²) in [5, 5.41) is 0. The van der Waals surface area contributed by atoms with Crippen LogP contribution in [0.4, 0.5) is 13.2 Å². The summed E-state index contributed by atoms with van der Waals surface area (Å²) in [5.41, 5.74) is 0.819. The molecule has 0 saturated carbocycles. The number of hydrogen-bond donors (Lipinski definition) is 0. The minimum atomic E-state index is -4.41. The van der Waals surface area contributed by atoms with E-state index in [0.717, 1.165) is 0 Å². The highest BCUT2D eigenvalue weighted by Crippen LogP contribution is 2.28. The topological polar surface area (TPSA) is 52.8 Å². The van der Waals surface area contributed by atoms with Gasteiger partial charge in [-0.05, 0) is 36.8 Å². The first-order valence-corrected chi connectivity index (χ1v) is 7.83. The summed E-state index contributed by atoms with van der Waals surface area (Å²) in [5.74, 6) is 0.227. The van der Waals surface area contributed by atoms with Gasteiger partial charge in [0.15, 0.2) is 6.61 Å². The van der Waals surface area contributed by atoms with Crippen LogP contribution in [0.3, 0.4) is 0 Å². The first-order valence-electron chi connectivity index (χ1n) is 7.83. The summed E-state index contributed by atoms with van der Waals surface area (Å²) in [4.78, 5) is 17.2. The van der Waals surface area contributed by atoms with Crippen molar-refractivity contribution in [3.8, 4) is 22.8 Å². The van der Waals surface area contributed by atoms with Crippen LogP contribution in [0.1, 0.15) is 6.92 Å². The van der Waals surface area contributed by atoms with Gasteiger partial charge >= 0.3 is 6.18 Å². The van der Waals surface area contributed by atoms with Gasteiger partial charge in [0.2, 0.25) is 5.88 Å². The maximum atomic E-state index is 12.8. The quantitative estimate of drug-likeness (QED) is 0.693. The average molecular weight is 364 g/mol. The Hall–Kier alpha value is -3.03. The Balaban J connectivity index is 2.02. The van der Waals surface area contributed by atoms with E-state index in [0.29, 0.717) is 17.8 Å². The first-order chi connectivity index (χ1) is 12.4. The molecule has 0 aliphatic carbocycles. The van der Waals surface area contributed by atoms with Gasteiger partial charge in [0.05, 0.1) is 6.61 Å². The van der Waals surface area contributed by atoms with Crippen LogP contribution in [0, 0.1) is 0 Å². The molecule has 0 atom stereocenters. The number of aromatic nitrogens is 2. The Morgan fingerprint density at radius 2 is 1.81 bits per heavy atom. The largest absolute Gasteiger partial charge is 0.484 e. The van der Waals surface area contributed by atoms with Crippen LogP contribution in [0.2, 0.25) is 0 Å². The van der Waals surface area contributed by atoms with E-state index < -0.39 is 12.8 Å². The van der Waals surface area contributed by atoms with E-state index in [1.54, 1.807) is 31.3 Å². The molecule has 2 aromatic heterocycles. The Bertz CT molecular complexity index is 966. The molecule has 0 unspecified atom stereocenters. The number of alkyl halides is 3. The Kier molecular flexibility index (Phi) is 4.83. The number of pyridine rings is 1. The van der Waals surface area contributed by atoms with Gasteiger partial charge < -0.3 is 9.47 Å². The molecule has 0 aliphatic heterocycles. The van der Waals surface area contributed by atoms with Crippen molar-refractivity contribution in [2.75, 3.05) is 13.2 Å². The van der Waals surface area contributed by atoms with E-state index in [9.17, 15) is 18.0 Å². The van der Waals surface area contributed by atoms with Crippen LogP contribution < -0.4 is 15.0 Å². The molecule has 0 amide bonds. The minimum Gasteiger partial charge on any atom is -0.484 e. The number of benzene rings is 1. The van der Waals surface area contributed by atoms with Crippen molar-refractivity contribution in [3.05, 3.63) is 59.0 Å². The molecule has 1 aromatic carbocycles. The lowest BCUT2D eigenvalue weighted by Crippen LogP contribution is -2.19. The summed E-state index contributed by atoms with van der Waals surface area (Å²) in [6.07, 6.45) is -2.83. The molecule has 0 bridgehead atoms. The normalized spacial score (nSPS) is 11.5. The second-order valence-corrected chi connectivity index (χ2v) is 5.39. The van der Waals surface area contributed by atoms with Crippen LogP contribution in [0.5, 0.6) is 11.6 Å². The predicted octanol–water partition coefficient (Wildman–Crippen LogP) is 3.70. The third-order valence-electron chi connectivity index (χ3n) is 3.53. The van der Waals surface area contributed by atoms with Crippen molar-refractivity contribution in [1.82, 2.24) is 9.38 Å². The van der Waals surface area contributed by atoms with Crippen molar-refractivity contribution < 1.29 is 22.6 Å². The molecule has 0 radical (unpaired) electrons. The number of rotatable bonds is 5. The molecule has 0 spiro atoms. The zero-order chi connectivity index (χ0) is 18.7. The summed E-state index contributed by atoms with van der Waals surface area (Å²) >= 11 is 0. The highest BCUT2D eigenvalue weighted by Gasteiger charge is 2.28. The van der Waals surface area contributed by atoms with E-state index in [4.69, 9.17) is 4.74 Å². The molecule has 5 nitrogen and oxygen atoms in total. The maximum Gasteiger partial charge on any atom is 0.422 e. The molecule has 0 saturated heterocycles. The van der Waals surface area contributed by atoms with Gasteiger partial charge in [-0.3, -0.25) is 9.20 Å². The molecule has 3 aromatic rings. The Labute approximate surface area is 146 Å². The minimum absolute atomic E-state index is 0.0536. The Morgan fingerprint density at radius 3 is 2.46 bits per heavy atom. The third-order valence-corrected chi connectivity index (χ3v) is 3.53. The highest BCUT2D eigenvalue weighted by molar-refractivity contribution is 5.70. The number of fused-ring (bicyclic) bond motifs is 1. The van der Waals surface area contributed by atoms with Crippen molar-refractivity contribution in [2.24, 2.45) is 0 Å². The smallest absolute Gasteiger partial charge is 0.422 e. The summed E-state index contributed by atoms with van der Waals surface area (Å²) in [6, 6.07) is 10.9. The maximum absolute atomic E-state index is 12.8. The fourth-order valence-corrected chi connectivity index (χ4v) is 2.44. The Morgan fingerprint density at radius 1 is 1.08 bits per heavy atom. The van der Waals surface area contributed by atoms with Gasteiger partial charge in [0, 0.05) is 6.20 Å². The molecular formula is C18H15F3N2O3. The first kappa shape index (κ1) is 17.8. The molecule has 0 aliphatic rings. The average Bonchev–Trinajstić information content (AvgIpc) is 2.61. The number of nitrogens with zero attached hydrogens (tertiary/aromatic N) is 2. The fourth-order valence-electron chi connectivity index (χ4n) is 2.44. The molecule has 0 fully saturated rings. The highest BCUT2D eigenvalue weighted by atomic mass is 19.4. The van der Waals surface area contributed by atoms with Crippen LogP contribution in [-0.2, 0) is 0 Å². The molecule has 0 N–H and O–H groups in total. The van der Waals surface area contributed by atoms with Crippen LogP contribution in [0.15, 0.2) is 53.5 Å². The van der Waals surface area contributed by atoms with Crippen molar-refractivity contribution in [3.63, 3.8) is 0 Å². The van der Waals surface area contributed by atoms with E-state index in [1.807, 2.05) is 0 Å². The third kappa shape index (κ3) is 3.79.